The van der Waals surface area contributed by atoms with Crippen LogP contribution in [0.5, 0.6) is 5.75 Å². The number of hydrogen-bond donors (Lipinski definition) is 1. The van der Waals surface area contributed by atoms with Gasteiger partial charge in [0.15, 0.2) is 5.69 Å². The highest BCUT2D eigenvalue weighted by molar-refractivity contribution is 5.57. The highest BCUT2D eigenvalue weighted by atomic mass is 16.5. The molecule has 0 radical (unpaired) electrons. The van der Waals surface area contributed by atoms with Gasteiger partial charge >= 0.3 is 0 Å². The van der Waals surface area contributed by atoms with Gasteiger partial charge in [0, 0.05) is 19.3 Å². The number of anilines is 1. The molecule has 0 amide bonds. The molecule has 1 fully saturated rings. The van der Waals surface area contributed by atoms with Crippen LogP contribution < -0.4 is 4.90 Å². The molecule has 1 aliphatic rings. The molecule has 7 heteroatoms. The largest absolute Gasteiger partial charge is 0.505 e. The van der Waals surface area contributed by atoms with E-state index in [0.29, 0.717) is 24.9 Å². The first kappa shape index (κ1) is 11.0. The Kier molecular flexibility index (Phi) is 2.81. The fourth-order valence-electron chi connectivity index (χ4n) is 1.77. The van der Waals surface area contributed by atoms with Gasteiger partial charge in [0.2, 0.25) is 0 Å². The molecule has 0 spiro atoms. The Morgan fingerprint density at radius 2 is 2.11 bits per heavy atom. The van der Waals surface area contributed by atoms with Crippen molar-refractivity contribution in [1.82, 2.24) is 15.1 Å². The van der Waals surface area contributed by atoms with Crippen molar-refractivity contribution >= 4 is 5.95 Å². The maximum absolute atomic E-state index is 9.66. The second-order valence-electron chi connectivity index (χ2n) is 3.87. The van der Waals surface area contributed by atoms with Crippen molar-refractivity contribution in [3.05, 3.63) is 18.3 Å². The van der Waals surface area contributed by atoms with Gasteiger partial charge < -0.3 is 19.3 Å². The van der Waals surface area contributed by atoms with E-state index < -0.39 is 0 Å². The topological polar surface area (TPSA) is 84.5 Å². The van der Waals surface area contributed by atoms with E-state index in [1.54, 1.807) is 12.3 Å². The van der Waals surface area contributed by atoms with Gasteiger partial charge in [-0.15, -0.1) is 0 Å². The number of aromatic hydroxyl groups is 1. The SMILES string of the molecule is Oc1cccnc1-c1nc(N2CCOCC2)no1. The molecule has 7 nitrogen and oxygen atoms in total. The van der Waals surface area contributed by atoms with Crippen molar-refractivity contribution in [2.24, 2.45) is 0 Å². The van der Waals surface area contributed by atoms with E-state index in [4.69, 9.17) is 9.26 Å². The molecule has 0 atom stereocenters. The number of aromatic nitrogens is 3. The van der Waals surface area contributed by atoms with Crippen LogP contribution in [0.15, 0.2) is 22.9 Å². The van der Waals surface area contributed by atoms with E-state index in [-0.39, 0.29) is 11.6 Å². The Labute approximate surface area is 103 Å². The predicted octanol–water partition coefficient (Wildman–Crippen LogP) is 0.674. The fraction of sp³-hybridized carbons (Fsp3) is 0.364. The summed E-state index contributed by atoms with van der Waals surface area (Å²) < 4.78 is 10.4. The number of pyridine rings is 1. The molecular formula is C11H12N4O3. The molecule has 1 saturated heterocycles. The van der Waals surface area contributed by atoms with Gasteiger partial charge in [-0.2, -0.15) is 4.98 Å². The lowest BCUT2D eigenvalue weighted by Crippen LogP contribution is -2.36. The number of rotatable bonds is 2. The molecule has 3 heterocycles. The lowest BCUT2D eigenvalue weighted by molar-refractivity contribution is 0.121. The number of ether oxygens (including phenoxy) is 1. The van der Waals surface area contributed by atoms with E-state index in [2.05, 4.69) is 15.1 Å². The quantitative estimate of drug-likeness (QED) is 0.836. The number of nitrogens with zero attached hydrogens (tertiary/aromatic N) is 4. The first-order valence-electron chi connectivity index (χ1n) is 5.65. The van der Waals surface area contributed by atoms with E-state index >= 15 is 0 Å². The summed E-state index contributed by atoms with van der Waals surface area (Å²) in [4.78, 5) is 10.2. The normalized spacial score (nSPS) is 15.9. The van der Waals surface area contributed by atoms with Crippen LogP contribution in [0.2, 0.25) is 0 Å². The zero-order valence-electron chi connectivity index (χ0n) is 9.61. The molecule has 0 unspecified atom stereocenters. The molecule has 3 rings (SSSR count). The van der Waals surface area contributed by atoms with Gasteiger partial charge in [0.1, 0.15) is 5.75 Å². The summed E-state index contributed by atoms with van der Waals surface area (Å²) in [7, 11) is 0. The molecule has 94 valence electrons. The smallest absolute Gasteiger partial charge is 0.281 e. The van der Waals surface area contributed by atoms with Crippen LogP contribution in [0.4, 0.5) is 5.95 Å². The van der Waals surface area contributed by atoms with Crippen LogP contribution in [0.1, 0.15) is 0 Å². The maximum atomic E-state index is 9.66. The van der Waals surface area contributed by atoms with Gasteiger partial charge in [0.05, 0.1) is 13.2 Å². The summed E-state index contributed by atoms with van der Waals surface area (Å²) in [6, 6.07) is 3.17. The second-order valence-corrected chi connectivity index (χ2v) is 3.87. The third kappa shape index (κ3) is 2.00. The zero-order valence-corrected chi connectivity index (χ0v) is 9.61. The summed E-state index contributed by atoms with van der Waals surface area (Å²) in [5.74, 6) is 0.739. The summed E-state index contributed by atoms with van der Waals surface area (Å²) >= 11 is 0. The van der Waals surface area contributed by atoms with E-state index in [9.17, 15) is 5.11 Å². The lowest BCUT2D eigenvalue weighted by Gasteiger charge is -2.24. The Hall–Kier alpha value is -2.15. The standard InChI is InChI=1S/C11H12N4O3/c16-8-2-1-3-12-9(8)10-13-11(14-18-10)15-4-6-17-7-5-15/h1-3,16H,4-7H2. The summed E-state index contributed by atoms with van der Waals surface area (Å²) in [5.41, 5.74) is 0.296. The summed E-state index contributed by atoms with van der Waals surface area (Å²) in [6.07, 6.45) is 1.56. The van der Waals surface area contributed by atoms with Crippen LogP contribution in [0.25, 0.3) is 11.6 Å². The van der Waals surface area contributed by atoms with Crippen molar-refractivity contribution in [2.75, 3.05) is 31.2 Å². The van der Waals surface area contributed by atoms with Gasteiger partial charge in [0.25, 0.3) is 11.8 Å². The highest BCUT2D eigenvalue weighted by Crippen LogP contribution is 2.26. The van der Waals surface area contributed by atoms with Crippen molar-refractivity contribution in [3.8, 4) is 17.3 Å². The minimum Gasteiger partial charge on any atom is -0.505 e. The monoisotopic (exact) mass is 248 g/mol. The van der Waals surface area contributed by atoms with Crippen LogP contribution in [-0.4, -0.2) is 46.5 Å². The van der Waals surface area contributed by atoms with Crippen LogP contribution in [0, 0.1) is 0 Å². The molecule has 1 N–H and O–H groups in total. The third-order valence-corrected chi connectivity index (χ3v) is 2.70. The highest BCUT2D eigenvalue weighted by Gasteiger charge is 2.19. The molecule has 0 aliphatic carbocycles. The average molecular weight is 248 g/mol. The van der Waals surface area contributed by atoms with Crippen molar-refractivity contribution in [1.29, 1.82) is 0 Å². The molecule has 0 aromatic carbocycles. The summed E-state index contributed by atoms with van der Waals surface area (Å²) in [6.45, 7) is 2.76. The molecule has 0 bridgehead atoms. The molecule has 2 aromatic rings. The zero-order chi connectivity index (χ0) is 12.4. The van der Waals surface area contributed by atoms with Crippen LogP contribution in [-0.2, 0) is 4.74 Å². The Morgan fingerprint density at radius 1 is 1.28 bits per heavy atom. The molecule has 18 heavy (non-hydrogen) atoms. The third-order valence-electron chi connectivity index (χ3n) is 2.70. The Morgan fingerprint density at radius 3 is 2.89 bits per heavy atom. The van der Waals surface area contributed by atoms with E-state index in [1.165, 1.54) is 6.07 Å². The van der Waals surface area contributed by atoms with Gasteiger partial charge in [-0.3, -0.25) is 0 Å². The van der Waals surface area contributed by atoms with Gasteiger partial charge in [-0.1, -0.05) is 0 Å². The van der Waals surface area contributed by atoms with Gasteiger partial charge in [-0.05, 0) is 17.3 Å². The molecule has 1 aliphatic heterocycles. The summed E-state index contributed by atoms with van der Waals surface area (Å²) in [5, 5.41) is 13.6. The Balaban J connectivity index is 1.87. The molecular weight excluding hydrogens is 236 g/mol. The van der Waals surface area contributed by atoms with Crippen molar-refractivity contribution < 1.29 is 14.4 Å². The number of morpholine rings is 1. The average Bonchev–Trinajstić information content (AvgIpc) is 2.90. The van der Waals surface area contributed by atoms with Crippen molar-refractivity contribution in [2.45, 2.75) is 0 Å². The Bertz CT molecular complexity index is 537. The number of hydrogen-bond acceptors (Lipinski definition) is 7. The van der Waals surface area contributed by atoms with Crippen LogP contribution in [0.3, 0.4) is 0 Å². The minimum atomic E-state index is 0.0228. The van der Waals surface area contributed by atoms with E-state index in [1.807, 2.05) is 4.90 Å². The van der Waals surface area contributed by atoms with Gasteiger partial charge in [-0.25, -0.2) is 4.98 Å². The first-order chi connectivity index (χ1) is 8.84. The lowest BCUT2D eigenvalue weighted by atomic mass is 10.3. The van der Waals surface area contributed by atoms with Crippen molar-refractivity contribution in [3.63, 3.8) is 0 Å². The second kappa shape index (κ2) is 4.61. The predicted molar refractivity (Wildman–Crippen MR) is 62.2 cm³/mol. The van der Waals surface area contributed by atoms with Crippen LogP contribution >= 0.6 is 0 Å². The first-order valence-corrected chi connectivity index (χ1v) is 5.65. The minimum absolute atomic E-state index is 0.0228. The maximum Gasteiger partial charge on any atom is 0.281 e. The molecule has 2 aromatic heterocycles. The van der Waals surface area contributed by atoms with E-state index in [0.717, 1.165) is 13.1 Å². The molecule has 0 saturated carbocycles. The fourth-order valence-corrected chi connectivity index (χ4v) is 1.77.